The molecule has 0 aromatic carbocycles. The smallest absolute Gasteiger partial charge is 0.220 e. The minimum absolute atomic E-state index is 0.123. The quantitative estimate of drug-likeness (QED) is 0.632. The maximum absolute atomic E-state index is 12.0. The van der Waals surface area contributed by atoms with Crippen molar-refractivity contribution in [3.8, 4) is 17.0 Å². The number of piperazine rings is 1. The number of anilines is 1. The number of rotatable bonds is 5. The SMILES string of the molecule is C=C(C)COc1cnc2[nH]cc(-c3cccc(N4C[C@@H](C)N(C(C)=O)[C@@H](C)C4)n3)c2c1. The van der Waals surface area contributed by atoms with Gasteiger partial charge in [-0.3, -0.25) is 4.79 Å². The van der Waals surface area contributed by atoms with Gasteiger partial charge in [-0.1, -0.05) is 12.6 Å². The van der Waals surface area contributed by atoms with Crippen molar-refractivity contribution in [3.05, 3.63) is 48.8 Å². The summed E-state index contributed by atoms with van der Waals surface area (Å²) < 4.78 is 5.77. The largest absolute Gasteiger partial charge is 0.488 e. The van der Waals surface area contributed by atoms with E-state index in [0.29, 0.717) is 12.4 Å². The van der Waals surface area contributed by atoms with Crippen LogP contribution in [0, 0.1) is 0 Å². The number of amides is 1. The van der Waals surface area contributed by atoms with E-state index in [1.165, 1.54) is 0 Å². The summed E-state index contributed by atoms with van der Waals surface area (Å²) in [7, 11) is 0. The zero-order valence-corrected chi connectivity index (χ0v) is 18.6. The van der Waals surface area contributed by atoms with Crippen molar-refractivity contribution in [3.63, 3.8) is 0 Å². The highest BCUT2D eigenvalue weighted by Crippen LogP contribution is 2.31. The maximum Gasteiger partial charge on any atom is 0.220 e. The number of carbonyl (C=O) groups is 1. The summed E-state index contributed by atoms with van der Waals surface area (Å²) in [5.74, 6) is 1.74. The lowest BCUT2D eigenvalue weighted by Crippen LogP contribution is -2.58. The number of nitrogens with zero attached hydrogens (tertiary/aromatic N) is 4. The van der Waals surface area contributed by atoms with Gasteiger partial charge in [0, 0.05) is 49.2 Å². The number of pyridine rings is 2. The monoisotopic (exact) mass is 419 g/mol. The average Bonchev–Trinajstić information content (AvgIpc) is 3.15. The molecule has 1 aliphatic rings. The van der Waals surface area contributed by atoms with Gasteiger partial charge in [0.05, 0.1) is 11.9 Å². The van der Waals surface area contributed by atoms with Crippen LogP contribution < -0.4 is 9.64 Å². The molecule has 31 heavy (non-hydrogen) atoms. The Morgan fingerprint density at radius 1 is 1.26 bits per heavy atom. The molecule has 7 nitrogen and oxygen atoms in total. The van der Waals surface area contributed by atoms with E-state index >= 15 is 0 Å². The molecule has 0 unspecified atom stereocenters. The predicted octanol–water partition coefficient (Wildman–Crippen LogP) is 4.03. The van der Waals surface area contributed by atoms with Gasteiger partial charge >= 0.3 is 0 Å². The van der Waals surface area contributed by atoms with Gasteiger partial charge in [-0.25, -0.2) is 9.97 Å². The van der Waals surface area contributed by atoms with Gasteiger partial charge in [0.25, 0.3) is 0 Å². The van der Waals surface area contributed by atoms with Crippen LogP contribution in [0.5, 0.6) is 5.75 Å². The molecule has 1 aliphatic heterocycles. The van der Waals surface area contributed by atoms with Crippen LogP contribution in [-0.2, 0) is 4.79 Å². The van der Waals surface area contributed by atoms with E-state index in [4.69, 9.17) is 9.72 Å². The van der Waals surface area contributed by atoms with Gasteiger partial charge in [-0.15, -0.1) is 0 Å². The van der Waals surface area contributed by atoms with E-state index < -0.39 is 0 Å². The minimum Gasteiger partial charge on any atom is -0.488 e. The Labute approximate surface area is 182 Å². The van der Waals surface area contributed by atoms with Gasteiger partial charge in [0.2, 0.25) is 5.91 Å². The minimum atomic E-state index is 0.123. The van der Waals surface area contributed by atoms with Crippen LogP contribution >= 0.6 is 0 Å². The first-order chi connectivity index (χ1) is 14.8. The zero-order valence-electron chi connectivity index (χ0n) is 18.6. The second kappa shape index (κ2) is 8.41. The normalized spacial score (nSPS) is 19.0. The molecule has 4 heterocycles. The molecular weight excluding hydrogens is 390 g/mol. The van der Waals surface area contributed by atoms with E-state index in [-0.39, 0.29) is 18.0 Å². The van der Waals surface area contributed by atoms with Crippen molar-refractivity contribution in [2.75, 3.05) is 24.6 Å². The third-order valence-corrected chi connectivity index (χ3v) is 5.61. The van der Waals surface area contributed by atoms with Crippen molar-refractivity contribution in [2.24, 2.45) is 0 Å². The highest BCUT2D eigenvalue weighted by molar-refractivity contribution is 5.93. The Morgan fingerprint density at radius 2 is 2.00 bits per heavy atom. The third kappa shape index (κ3) is 4.26. The van der Waals surface area contributed by atoms with Gasteiger partial charge < -0.3 is 19.5 Å². The first-order valence-corrected chi connectivity index (χ1v) is 10.6. The van der Waals surface area contributed by atoms with Crippen LogP contribution in [-0.4, -0.2) is 57.5 Å². The summed E-state index contributed by atoms with van der Waals surface area (Å²) in [6.07, 6.45) is 3.65. The van der Waals surface area contributed by atoms with E-state index in [0.717, 1.165) is 46.8 Å². The summed E-state index contributed by atoms with van der Waals surface area (Å²) in [6, 6.07) is 8.32. The van der Waals surface area contributed by atoms with Gasteiger partial charge in [-0.2, -0.15) is 0 Å². The number of ether oxygens (including phenoxy) is 1. The molecule has 3 aromatic heterocycles. The number of hydrogen-bond acceptors (Lipinski definition) is 5. The lowest BCUT2D eigenvalue weighted by molar-refractivity contribution is -0.133. The van der Waals surface area contributed by atoms with Crippen molar-refractivity contribution in [1.82, 2.24) is 19.9 Å². The summed E-state index contributed by atoms with van der Waals surface area (Å²) in [5.41, 5.74) is 3.60. The lowest BCUT2D eigenvalue weighted by atomic mass is 10.1. The van der Waals surface area contributed by atoms with E-state index in [2.05, 4.69) is 35.3 Å². The molecule has 1 saturated heterocycles. The number of fused-ring (bicyclic) bond motifs is 1. The van der Waals surface area contributed by atoms with E-state index in [9.17, 15) is 4.79 Å². The molecule has 1 fully saturated rings. The molecule has 0 bridgehead atoms. The van der Waals surface area contributed by atoms with Crippen LogP contribution in [0.4, 0.5) is 5.82 Å². The molecule has 0 aliphatic carbocycles. The first kappa shape index (κ1) is 20.9. The van der Waals surface area contributed by atoms with E-state index in [1.807, 2.05) is 42.3 Å². The number of aromatic nitrogens is 3. The molecule has 1 N–H and O–H groups in total. The fourth-order valence-corrected chi connectivity index (χ4v) is 4.36. The van der Waals surface area contributed by atoms with E-state index in [1.54, 1.807) is 13.1 Å². The average molecular weight is 420 g/mol. The van der Waals surface area contributed by atoms with Crippen LogP contribution in [0.15, 0.2) is 48.8 Å². The molecule has 1 amide bonds. The summed E-state index contributed by atoms with van der Waals surface area (Å²) in [5, 5.41) is 0.965. The second-order valence-electron chi connectivity index (χ2n) is 8.43. The van der Waals surface area contributed by atoms with Gasteiger partial charge in [-0.05, 0) is 44.5 Å². The van der Waals surface area contributed by atoms with Gasteiger partial charge in [0.1, 0.15) is 23.8 Å². The number of carbonyl (C=O) groups excluding carboxylic acids is 1. The first-order valence-electron chi connectivity index (χ1n) is 10.6. The predicted molar refractivity (Wildman–Crippen MR) is 123 cm³/mol. The summed E-state index contributed by atoms with van der Waals surface area (Å²) in [4.78, 5) is 28.8. The second-order valence-corrected chi connectivity index (χ2v) is 8.43. The standard InChI is InChI=1S/C24H29N5O2/c1-15(2)14-31-19-9-20-21(11-26-24(20)25-10-19)22-7-6-8-23(27-22)28-12-16(3)29(18(5)30)17(4)13-28/h6-11,16-17H,1,12-14H2,2-5H3,(H,25,26)/t16-,17+. The lowest BCUT2D eigenvalue weighted by Gasteiger charge is -2.44. The Bertz CT molecular complexity index is 1110. The van der Waals surface area contributed by atoms with Crippen LogP contribution in [0.2, 0.25) is 0 Å². The summed E-state index contributed by atoms with van der Waals surface area (Å²) in [6.45, 7) is 13.6. The van der Waals surface area contributed by atoms with Crippen molar-refractivity contribution >= 4 is 22.8 Å². The van der Waals surface area contributed by atoms with Gasteiger partial charge in [0.15, 0.2) is 0 Å². The molecule has 7 heteroatoms. The highest BCUT2D eigenvalue weighted by atomic mass is 16.5. The molecule has 4 rings (SSSR count). The Balaban J connectivity index is 1.63. The fraction of sp³-hybridized carbons (Fsp3) is 0.375. The number of aromatic amines is 1. The van der Waals surface area contributed by atoms with Crippen LogP contribution in [0.25, 0.3) is 22.3 Å². The molecule has 0 saturated carbocycles. The zero-order chi connectivity index (χ0) is 22.1. The number of nitrogens with one attached hydrogen (secondary N) is 1. The maximum atomic E-state index is 12.0. The van der Waals surface area contributed by atoms with Crippen LogP contribution in [0.1, 0.15) is 27.7 Å². The molecular formula is C24H29N5O2. The number of hydrogen-bond donors (Lipinski definition) is 1. The van der Waals surface area contributed by atoms with Crippen molar-refractivity contribution < 1.29 is 9.53 Å². The molecule has 0 radical (unpaired) electrons. The summed E-state index contributed by atoms with van der Waals surface area (Å²) >= 11 is 0. The Kier molecular flexibility index (Phi) is 5.67. The number of H-pyrrole nitrogens is 1. The Hall–Kier alpha value is -3.35. The topological polar surface area (TPSA) is 74.3 Å². The molecule has 2 atom stereocenters. The molecule has 162 valence electrons. The van der Waals surface area contributed by atoms with Crippen molar-refractivity contribution in [1.29, 1.82) is 0 Å². The Morgan fingerprint density at radius 3 is 2.68 bits per heavy atom. The van der Waals surface area contributed by atoms with Crippen molar-refractivity contribution in [2.45, 2.75) is 39.8 Å². The molecule has 3 aromatic rings. The third-order valence-electron chi connectivity index (χ3n) is 5.61. The fourth-order valence-electron chi connectivity index (χ4n) is 4.36. The van der Waals surface area contributed by atoms with Crippen LogP contribution in [0.3, 0.4) is 0 Å². The molecule has 0 spiro atoms. The highest BCUT2D eigenvalue weighted by Gasteiger charge is 2.31.